The number of anilines is 1. The Morgan fingerprint density at radius 2 is 2.28 bits per heavy atom. The lowest BCUT2D eigenvalue weighted by Gasteiger charge is -2.32. The summed E-state index contributed by atoms with van der Waals surface area (Å²) in [5, 5.41) is 4.94. The van der Waals surface area contributed by atoms with E-state index in [4.69, 9.17) is 4.98 Å². The molecule has 1 aliphatic heterocycles. The first-order chi connectivity index (χ1) is 12.1. The molecule has 0 aliphatic carbocycles. The predicted molar refractivity (Wildman–Crippen MR) is 104 cm³/mol. The van der Waals surface area contributed by atoms with Gasteiger partial charge >= 0.3 is 0 Å². The Hall–Kier alpha value is -1.83. The van der Waals surface area contributed by atoms with Gasteiger partial charge in [0.15, 0.2) is 0 Å². The molecule has 130 valence electrons. The number of hydrogen-bond acceptors (Lipinski definition) is 6. The zero-order valence-corrected chi connectivity index (χ0v) is 16.1. The van der Waals surface area contributed by atoms with Crippen molar-refractivity contribution in [2.45, 2.75) is 33.2 Å². The van der Waals surface area contributed by atoms with Gasteiger partial charge in [-0.2, -0.15) is 0 Å². The highest BCUT2D eigenvalue weighted by Crippen LogP contribution is 2.48. The Morgan fingerprint density at radius 1 is 1.44 bits per heavy atom. The molecule has 0 saturated heterocycles. The van der Waals surface area contributed by atoms with Crippen LogP contribution in [0.15, 0.2) is 18.5 Å². The van der Waals surface area contributed by atoms with Gasteiger partial charge in [0.2, 0.25) is 5.91 Å². The number of fused-ring (bicyclic) bond motifs is 2. The molecule has 0 fully saturated rings. The Morgan fingerprint density at radius 3 is 3.00 bits per heavy atom. The van der Waals surface area contributed by atoms with E-state index in [0.717, 1.165) is 45.3 Å². The molecule has 1 amide bonds. The van der Waals surface area contributed by atoms with E-state index >= 15 is 0 Å². The molecular weight excluding hydrogens is 352 g/mol. The predicted octanol–water partition coefficient (Wildman–Crippen LogP) is 4.32. The average molecular weight is 373 g/mol. The maximum atomic E-state index is 11.7. The molecule has 0 aromatic carbocycles. The van der Waals surface area contributed by atoms with Crippen molar-refractivity contribution in [3.05, 3.63) is 28.9 Å². The third kappa shape index (κ3) is 2.86. The van der Waals surface area contributed by atoms with Crippen molar-refractivity contribution < 1.29 is 4.79 Å². The molecule has 3 aromatic heterocycles. The molecule has 0 bridgehead atoms. The number of hydrogen-bond donors (Lipinski definition) is 1. The van der Waals surface area contributed by atoms with Crippen LogP contribution in [0.3, 0.4) is 0 Å². The van der Waals surface area contributed by atoms with Gasteiger partial charge in [0.05, 0.1) is 10.9 Å². The van der Waals surface area contributed by atoms with Crippen LogP contribution in [0.2, 0.25) is 0 Å². The molecular formula is C18H20N4OS2. The van der Waals surface area contributed by atoms with E-state index in [-0.39, 0.29) is 5.91 Å². The monoisotopic (exact) mass is 372 g/mol. The summed E-state index contributed by atoms with van der Waals surface area (Å²) >= 11 is 3.37. The van der Waals surface area contributed by atoms with Crippen molar-refractivity contribution in [2.24, 2.45) is 0 Å². The van der Waals surface area contributed by atoms with Crippen molar-refractivity contribution in [3.8, 4) is 10.6 Å². The van der Waals surface area contributed by atoms with Crippen molar-refractivity contribution in [1.29, 1.82) is 0 Å². The Balaban J connectivity index is 1.89. The van der Waals surface area contributed by atoms with Crippen LogP contribution in [0, 0.1) is 0 Å². The van der Waals surface area contributed by atoms with E-state index in [1.165, 1.54) is 10.4 Å². The standard InChI is InChI=1S/C18H20N4OS2/c1-4-22-8-6-12-15(17(20-11(3)23)25-16(12)10(22)2)18-21-13-9-19-7-5-14(13)24-18/h5,7,9-10H,4,6,8H2,1-3H3,(H,20,23). The van der Waals surface area contributed by atoms with Gasteiger partial charge in [0.25, 0.3) is 0 Å². The normalized spacial score (nSPS) is 17.6. The van der Waals surface area contributed by atoms with E-state index in [0.29, 0.717) is 6.04 Å². The van der Waals surface area contributed by atoms with Crippen molar-refractivity contribution in [3.63, 3.8) is 0 Å². The summed E-state index contributed by atoms with van der Waals surface area (Å²) in [6.07, 6.45) is 4.59. The van der Waals surface area contributed by atoms with Gasteiger partial charge in [-0.15, -0.1) is 22.7 Å². The lowest BCUT2D eigenvalue weighted by Crippen LogP contribution is -2.32. The van der Waals surface area contributed by atoms with Gasteiger partial charge in [-0.05, 0) is 31.5 Å². The molecule has 4 heterocycles. The number of likely N-dealkylation sites (N-methyl/N-ethyl adjacent to an activating group) is 1. The van der Waals surface area contributed by atoms with Gasteiger partial charge < -0.3 is 5.32 Å². The summed E-state index contributed by atoms with van der Waals surface area (Å²) in [4.78, 5) is 24.5. The summed E-state index contributed by atoms with van der Waals surface area (Å²) < 4.78 is 1.12. The highest BCUT2D eigenvalue weighted by Gasteiger charge is 2.31. The van der Waals surface area contributed by atoms with Crippen LogP contribution in [-0.2, 0) is 11.2 Å². The fourth-order valence-corrected chi connectivity index (χ4v) is 5.94. The Labute approximate surface area is 154 Å². The first kappa shape index (κ1) is 16.6. The maximum Gasteiger partial charge on any atom is 0.221 e. The molecule has 4 rings (SSSR count). The summed E-state index contributed by atoms with van der Waals surface area (Å²) in [6, 6.07) is 2.37. The summed E-state index contributed by atoms with van der Waals surface area (Å²) in [7, 11) is 0. The zero-order valence-electron chi connectivity index (χ0n) is 14.5. The lowest BCUT2D eigenvalue weighted by molar-refractivity contribution is -0.114. The van der Waals surface area contributed by atoms with Crippen molar-refractivity contribution >= 4 is 43.8 Å². The number of amides is 1. The average Bonchev–Trinajstić information content (AvgIpc) is 3.15. The van der Waals surface area contributed by atoms with E-state index < -0.39 is 0 Å². The lowest BCUT2D eigenvalue weighted by atomic mass is 9.98. The summed E-state index contributed by atoms with van der Waals surface area (Å²) in [6.45, 7) is 8.09. The summed E-state index contributed by atoms with van der Waals surface area (Å²) in [5.41, 5.74) is 3.37. The fraction of sp³-hybridized carbons (Fsp3) is 0.389. The first-order valence-corrected chi connectivity index (χ1v) is 10.1. The molecule has 25 heavy (non-hydrogen) atoms. The molecule has 1 aliphatic rings. The van der Waals surface area contributed by atoms with E-state index in [1.807, 2.05) is 6.07 Å². The van der Waals surface area contributed by atoms with Crippen LogP contribution in [0.25, 0.3) is 20.8 Å². The zero-order chi connectivity index (χ0) is 17.6. The topological polar surface area (TPSA) is 58.1 Å². The van der Waals surface area contributed by atoms with E-state index in [2.05, 4.69) is 29.0 Å². The first-order valence-electron chi connectivity index (χ1n) is 8.46. The van der Waals surface area contributed by atoms with Crippen LogP contribution in [0.5, 0.6) is 0 Å². The van der Waals surface area contributed by atoms with E-state index in [1.54, 1.807) is 42.0 Å². The number of thiophene rings is 1. The number of thiazole rings is 1. The van der Waals surface area contributed by atoms with Gasteiger partial charge in [0, 0.05) is 36.1 Å². The van der Waals surface area contributed by atoms with Crippen LogP contribution in [0.1, 0.15) is 37.3 Å². The maximum absolute atomic E-state index is 11.7. The summed E-state index contributed by atoms with van der Waals surface area (Å²) in [5.74, 6) is -0.0392. The highest BCUT2D eigenvalue weighted by atomic mass is 32.1. The SMILES string of the molecule is CCN1CCc2c(sc(NC(C)=O)c2-c2nc3cnccc3s2)C1C. The highest BCUT2D eigenvalue weighted by molar-refractivity contribution is 7.23. The minimum Gasteiger partial charge on any atom is -0.317 e. The van der Waals surface area contributed by atoms with Gasteiger partial charge in [-0.1, -0.05) is 6.92 Å². The number of nitrogens with zero attached hydrogens (tertiary/aromatic N) is 3. The molecule has 1 N–H and O–H groups in total. The molecule has 3 aromatic rings. The third-order valence-corrected chi connectivity index (χ3v) is 7.09. The van der Waals surface area contributed by atoms with Crippen LogP contribution in [0.4, 0.5) is 5.00 Å². The van der Waals surface area contributed by atoms with Crippen LogP contribution in [-0.4, -0.2) is 33.9 Å². The number of carbonyl (C=O) groups excluding carboxylic acids is 1. The number of aromatic nitrogens is 2. The molecule has 1 atom stereocenters. The van der Waals surface area contributed by atoms with Gasteiger partial charge in [-0.25, -0.2) is 4.98 Å². The second-order valence-electron chi connectivity index (χ2n) is 6.25. The largest absolute Gasteiger partial charge is 0.317 e. The van der Waals surface area contributed by atoms with Crippen LogP contribution >= 0.6 is 22.7 Å². The Kier molecular flexibility index (Phi) is 4.31. The molecule has 0 spiro atoms. The molecule has 5 nitrogen and oxygen atoms in total. The quantitative estimate of drug-likeness (QED) is 0.744. The molecule has 7 heteroatoms. The molecule has 0 radical (unpaired) electrons. The van der Waals surface area contributed by atoms with Gasteiger partial charge in [-0.3, -0.25) is 14.7 Å². The van der Waals surface area contributed by atoms with Crippen LogP contribution < -0.4 is 5.32 Å². The molecule has 0 saturated carbocycles. The molecule has 1 unspecified atom stereocenters. The number of pyridine rings is 1. The Bertz CT molecular complexity index is 913. The number of rotatable bonds is 3. The van der Waals surface area contributed by atoms with E-state index in [9.17, 15) is 4.79 Å². The second-order valence-corrected chi connectivity index (χ2v) is 8.33. The third-order valence-electron chi connectivity index (χ3n) is 4.71. The number of carbonyl (C=O) groups is 1. The van der Waals surface area contributed by atoms with Gasteiger partial charge in [0.1, 0.15) is 15.5 Å². The van der Waals surface area contributed by atoms with Crippen molar-refractivity contribution in [2.75, 3.05) is 18.4 Å². The second kappa shape index (κ2) is 6.48. The minimum atomic E-state index is -0.0392. The number of nitrogens with one attached hydrogen (secondary N) is 1. The van der Waals surface area contributed by atoms with Crippen molar-refractivity contribution in [1.82, 2.24) is 14.9 Å². The minimum absolute atomic E-state index is 0.0392. The fourth-order valence-electron chi connectivity index (χ4n) is 3.48. The smallest absolute Gasteiger partial charge is 0.221 e.